The SMILES string of the molecule is CCn1cnnc1CNC(=NC)NC(C)c1cccc(N2CCCC2)c1. The Kier molecular flexibility index (Phi) is 6.09. The van der Waals surface area contributed by atoms with Gasteiger partial charge in [0.15, 0.2) is 11.8 Å². The predicted octanol–water partition coefficient (Wildman–Crippen LogP) is 2.32. The quantitative estimate of drug-likeness (QED) is 0.615. The first-order valence-corrected chi connectivity index (χ1v) is 9.40. The lowest BCUT2D eigenvalue weighted by Gasteiger charge is -2.22. The highest BCUT2D eigenvalue weighted by atomic mass is 15.3. The van der Waals surface area contributed by atoms with Crippen molar-refractivity contribution < 1.29 is 0 Å². The fourth-order valence-electron chi connectivity index (χ4n) is 3.29. The summed E-state index contributed by atoms with van der Waals surface area (Å²) < 4.78 is 2.02. The minimum atomic E-state index is 0.160. The molecule has 3 rings (SSSR count). The van der Waals surface area contributed by atoms with Crippen molar-refractivity contribution in [2.75, 3.05) is 25.0 Å². The smallest absolute Gasteiger partial charge is 0.191 e. The summed E-state index contributed by atoms with van der Waals surface area (Å²) in [7, 11) is 1.78. The first-order chi connectivity index (χ1) is 12.7. The first kappa shape index (κ1) is 18.2. The number of aryl methyl sites for hydroxylation is 1. The summed E-state index contributed by atoms with van der Waals surface area (Å²) >= 11 is 0. The summed E-state index contributed by atoms with van der Waals surface area (Å²) in [5.41, 5.74) is 2.57. The van der Waals surface area contributed by atoms with Gasteiger partial charge < -0.3 is 20.1 Å². The van der Waals surface area contributed by atoms with Crippen molar-refractivity contribution in [3.8, 4) is 0 Å². The van der Waals surface area contributed by atoms with Crippen molar-refractivity contribution in [2.45, 2.75) is 45.8 Å². The van der Waals surface area contributed by atoms with Crippen molar-refractivity contribution in [2.24, 2.45) is 4.99 Å². The highest BCUT2D eigenvalue weighted by Gasteiger charge is 2.14. The second kappa shape index (κ2) is 8.69. The molecular formula is C19H29N7. The summed E-state index contributed by atoms with van der Waals surface area (Å²) in [6.45, 7) is 8.00. The lowest BCUT2D eigenvalue weighted by atomic mass is 10.1. The largest absolute Gasteiger partial charge is 0.372 e. The molecule has 2 heterocycles. The normalized spacial score (nSPS) is 16.0. The highest BCUT2D eigenvalue weighted by Crippen LogP contribution is 2.23. The van der Waals surface area contributed by atoms with E-state index in [1.165, 1.54) is 24.1 Å². The molecular weight excluding hydrogens is 326 g/mol. The van der Waals surface area contributed by atoms with Crippen molar-refractivity contribution >= 4 is 11.6 Å². The molecule has 0 aliphatic carbocycles. The topological polar surface area (TPSA) is 70.4 Å². The van der Waals surface area contributed by atoms with Crippen molar-refractivity contribution in [3.63, 3.8) is 0 Å². The van der Waals surface area contributed by atoms with E-state index in [1.54, 1.807) is 13.4 Å². The van der Waals surface area contributed by atoms with Crippen LogP contribution < -0.4 is 15.5 Å². The van der Waals surface area contributed by atoms with Crippen LogP contribution >= 0.6 is 0 Å². The van der Waals surface area contributed by atoms with Gasteiger partial charge in [-0.2, -0.15) is 0 Å². The number of hydrogen-bond donors (Lipinski definition) is 2. The molecule has 1 aliphatic heterocycles. The fraction of sp³-hybridized carbons (Fsp3) is 0.526. The molecule has 1 aromatic heterocycles. The summed E-state index contributed by atoms with van der Waals surface area (Å²) in [4.78, 5) is 6.79. The van der Waals surface area contributed by atoms with E-state index in [-0.39, 0.29) is 6.04 Å². The first-order valence-electron chi connectivity index (χ1n) is 9.40. The monoisotopic (exact) mass is 355 g/mol. The summed E-state index contributed by atoms with van der Waals surface area (Å²) in [5.74, 6) is 1.66. The van der Waals surface area contributed by atoms with Crippen LogP contribution in [0.4, 0.5) is 5.69 Å². The molecule has 0 bridgehead atoms. The van der Waals surface area contributed by atoms with Gasteiger partial charge in [0.25, 0.3) is 0 Å². The maximum absolute atomic E-state index is 4.33. The van der Waals surface area contributed by atoms with Crippen LogP contribution in [-0.2, 0) is 13.1 Å². The third kappa shape index (κ3) is 4.33. The molecule has 1 atom stereocenters. The number of anilines is 1. The Labute approximate surface area is 155 Å². The zero-order chi connectivity index (χ0) is 18.4. The summed E-state index contributed by atoms with van der Waals surface area (Å²) in [6.07, 6.45) is 4.33. The second-order valence-corrected chi connectivity index (χ2v) is 6.61. The van der Waals surface area contributed by atoms with E-state index in [0.29, 0.717) is 6.54 Å². The molecule has 140 valence electrons. The molecule has 1 unspecified atom stereocenters. The summed E-state index contributed by atoms with van der Waals surface area (Å²) in [5, 5.41) is 14.9. The van der Waals surface area contributed by atoms with Gasteiger partial charge in [0, 0.05) is 32.4 Å². The molecule has 2 aromatic rings. The predicted molar refractivity (Wildman–Crippen MR) is 105 cm³/mol. The van der Waals surface area contributed by atoms with E-state index in [9.17, 15) is 0 Å². The molecule has 7 nitrogen and oxygen atoms in total. The van der Waals surface area contributed by atoms with E-state index in [0.717, 1.165) is 31.4 Å². The van der Waals surface area contributed by atoms with Crippen LogP contribution in [0.15, 0.2) is 35.6 Å². The van der Waals surface area contributed by atoms with Gasteiger partial charge in [-0.05, 0) is 44.4 Å². The van der Waals surface area contributed by atoms with Gasteiger partial charge in [-0.3, -0.25) is 4.99 Å². The van der Waals surface area contributed by atoms with Crippen LogP contribution in [0.5, 0.6) is 0 Å². The molecule has 2 N–H and O–H groups in total. The number of benzene rings is 1. The minimum absolute atomic E-state index is 0.160. The third-order valence-corrected chi connectivity index (χ3v) is 4.87. The van der Waals surface area contributed by atoms with Crippen molar-refractivity contribution in [3.05, 3.63) is 42.0 Å². The van der Waals surface area contributed by atoms with E-state index >= 15 is 0 Å². The van der Waals surface area contributed by atoms with Gasteiger partial charge in [-0.25, -0.2) is 0 Å². The van der Waals surface area contributed by atoms with Crippen LogP contribution in [-0.4, -0.2) is 40.9 Å². The lowest BCUT2D eigenvalue weighted by molar-refractivity contribution is 0.649. The van der Waals surface area contributed by atoms with Crippen molar-refractivity contribution in [1.29, 1.82) is 0 Å². The number of aromatic nitrogens is 3. The number of nitrogens with one attached hydrogen (secondary N) is 2. The Balaban J connectivity index is 1.60. The van der Waals surface area contributed by atoms with Gasteiger partial charge in [0.1, 0.15) is 6.33 Å². The Morgan fingerprint density at radius 3 is 2.85 bits per heavy atom. The zero-order valence-corrected chi connectivity index (χ0v) is 15.9. The molecule has 26 heavy (non-hydrogen) atoms. The van der Waals surface area contributed by atoms with Crippen LogP contribution in [0.3, 0.4) is 0 Å². The Hall–Kier alpha value is -2.57. The van der Waals surface area contributed by atoms with E-state index in [4.69, 9.17) is 0 Å². The van der Waals surface area contributed by atoms with E-state index in [1.807, 2.05) is 4.57 Å². The molecule has 1 saturated heterocycles. The maximum atomic E-state index is 4.33. The van der Waals surface area contributed by atoms with Gasteiger partial charge >= 0.3 is 0 Å². The van der Waals surface area contributed by atoms with Crippen LogP contribution in [0.2, 0.25) is 0 Å². The maximum Gasteiger partial charge on any atom is 0.191 e. The molecule has 1 aromatic carbocycles. The Morgan fingerprint density at radius 2 is 2.12 bits per heavy atom. The summed E-state index contributed by atoms with van der Waals surface area (Å²) in [6, 6.07) is 8.95. The molecule has 0 spiro atoms. The number of guanidine groups is 1. The molecule has 0 saturated carbocycles. The van der Waals surface area contributed by atoms with E-state index < -0.39 is 0 Å². The highest BCUT2D eigenvalue weighted by molar-refractivity contribution is 5.80. The number of nitrogens with zero attached hydrogens (tertiary/aromatic N) is 5. The Bertz CT molecular complexity index is 731. The van der Waals surface area contributed by atoms with Crippen molar-refractivity contribution in [1.82, 2.24) is 25.4 Å². The van der Waals surface area contributed by atoms with Crippen LogP contribution in [0, 0.1) is 0 Å². The van der Waals surface area contributed by atoms with Gasteiger partial charge in [0.05, 0.1) is 12.6 Å². The molecule has 1 aliphatic rings. The minimum Gasteiger partial charge on any atom is -0.372 e. The second-order valence-electron chi connectivity index (χ2n) is 6.61. The third-order valence-electron chi connectivity index (χ3n) is 4.87. The molecule has 0 radical (unpaired) electrons. The molecule has 7 heteroatoms. The number of rotatable bonds is 6. The lowest BCUT2D eigenvalue weighted by Crippen LogP contribution is -2.38. The fourth-order valence-corrected chi connectivity index (χ4v) is 3.29. The van der Waals surface area contributed by atoms with Crippen LogP contribution in [0.1, 0.15) is 44.1 Å². The van der Waals surface area contributed by atoms with Gasteiger partial charge in [-0.15, -0.1) is 10.2 Å². The standard InChI is InChI=1S/C19H29N7/c1-4-25-14-22-24-18(25)13-21-19(20-3)23-15(2)16-8-7-9-17(12-16)26-10-5-6-11-26/h7-9,12,14-15H,4-6,10-11,13H2,1-3H3,(H2,20,21,23). The average molecular weight is 355 g/mol. The number of aliphatic imine (C=N–C) groups is 1. The van der Waals surface area contributed by atoms with Gasteiger partial charge in [0.2, 0.25) is 0 Å². The average Bonchev–Trinajstić information content (AvgIpc) is 3.36. The zero-order valence-electron chi connectivity index (χ0n) is 15.9. The van der Waals surface area contributed by atoms with Gasteiger partial charge in [-0.1, -0.05) is 12.1 Å². The number of hydrogen-bond acceptors (Lipinski definition) is 4. The Morgan fingerprint density at radius 1 is 1.31 bits per heavy atom. The van der Waals surface area contributed by atoms with E-state index in [2.05, 4.69) is 68.8 Å². The molecule has 1 fully saturated rings. The molecule has 0 amide bonds. The van der Waals surface area contributed by atoms with Crippen LogP contribution in [0.25, 0.3) is 0 Å².